The van der Waals surface area contributed by atoms with Gasteiger partial charge in [-0.05, 0) is 70.2 Å². The monoisotopic (exact) mass is 476 g/mol. The van der Waals surface area contributed by atoms with E-state index in [9.17, 15) is 22.2 Å². The maximum absolute atomic E-state index is 13.5. The van der Waals surface area contributed by atoms with Crippen LogP contribution >= 0.6 is 0 Å². The number of carbonyl (C=O) groups is 1. The fourth-order valence-corrected chi connectivity index (χ4v) is 3.87. The molecule has 3 rings (SSSR count). The first-order valence-electron chi connectivity index (χ1n) is 9.91. The topological polar surface area (TPSA) is 84.0 Å². The van der Waals surface area contributed by atoms with Gasteiger partial charge in [-0.1, -0.05) is 12.1 Å². The van der Waals surface area contributed by atoms with Crippen molar-refractivity contribution in [3.63, 3.8) is 0 Å². The van der Waals surface area contributed by atoms with Crippen molar-refractivity contribution in [2.75, 3.05) is 16.9 Å². The lowest BCUT2D eigenvalue weighted by molar-refractivity contribution is -0.138. The summed E-state index contributed by atoms with van der Waals surface area (Å²) in [6.45, 7) is 1.39. The molecule has 1 aromatic heterocycles. The van der Waals surface area contributed by atoms with E-state index in [1.807, 2.05) is 0 Å². The molecule has 0 fully saturated rings. The molecule has 0 spiro atoms. The zero-order valence-electron chi connectivity index (χ0n) is 18.1. The van der Waals surface area contributed by atoms with Gasteiger partial charge in [0.25, 0.3) is 0 Å². The van der Waals surface area contributed by atoms with Crippen molar-refractivity contribution < 1.29 is 22.2 Å². The van der Waals surface area contributed by atoms with Gasteiger partial charge in [0.15, 0.2) is 0 Å². The number of aryl methyl sites for hydroxylation is 2. The van der Waals surface area contributed by atoms with Gasteiger partial charge < -0.3 is 10.6 Å². The highest BCUT2D eigenvalue weighted by molar-refractivity contribution is 7.99. The number of halogens is 3. The second-order valence-corrected chi connectivity index (χ2v) is 10.1. The highest BCUT2D eigenvalue weighted by atomic mass is 32.2. The summed E-state index contributed by atoms with van der Waals surface area (Å²) >= 11 is 0. The van der Waals surface area contributed by atoms with Gasteiger partial charge >= 0.3 is 6.18 Å². The van der Waals surface area contributed by atoms with E-state index in [1.54, 1.807) is 48.5 Å². The third-order valence-electron chi connectivity index (χ3n) is 4.68. The molecular formula is C23H23F3N4O2S. The van der Waals surface area contributed by atoms with Crippen LogP contribution in [-0.2, 0) is 33.3 Å². The van der Waals surface area contributed by atoms with Crippen LogP contribution in [0.25, 0.3) is 0 Å². The Hall–Kier alpha value is -3.40. The van der Waals surface area contributed by atoms with Crippen molar-refractivity contribution in [3.05, 3.63) is 71.5 Å². The Kier molecular flexibility index (Phi) is 7.06. The number of nitrogens with zero attached hydrogens (tertiary/aromatic N) is 2. The number of aromatic nitrogens is 2. The molecule has 0 aliphatic heterocycles. The summed E-state index contributed by atoms with van der Waals surface area (Å²) in [5.41, 5.74) is 0.826. The van der Waals surface area contributed by atoms with Gasteiger partial charge in [0.1, 0.15) is 0 Å². The van der Waals surface area contributed by atoms with E-state index in [2.05, 4.69) is 26.5 Å². The first kappa shape index (κ1) is 24.2. The second kappa shape index (κ2) is 9.62. The van der Waals surface area contributed by atoms with E-state index < -0.39 is 21.3 Å². The predicted octanol–water partition coefficient (Wildman–Crippen LogP) is 4.69. The van der Waals surface area contributed by atoms with E-state index in [0.717, 1.165) is 11.8 Å². The Morgan fingerprint density at radius 3 is 2.36 bits per heavy atom. The largest absolute Gasteiger partial charge is 0.419 e. The lowest BCUT2D eigenvalue weighted by Crippen LogP contribution is -2.14. The molecule has 6 nitrogen and oxygen atoms in total. The van der Waals surface area contributed by atoms with Crippen LogP contribution in [0.3, 0.4) is 0 Å². The van der Waals surface area contributed by atoms with Crippen molar-refractivity contribution in [1.29, 1.82) is 0 Å². The van der Waals surface area contributed by atoms with Crippen molar-refractivity contribution in [1.82, 2.24) is 9.97 Å². The number of hydrogen-bond donors (Lipinski definition) is 2. The average molecular weight is 477 g/mol. The smallest absolute Gasteiger partial charge is 0.326 e. The number of nitrogens with one attached hydrogen (secondary N) is 2. The van der Waals surface area contributed by atoms with Gasteiger partial charge in [0.05, 0.1) is 11.3 Å². The molecule has 0 radical (unpaired) electrons. The fourth-order valence-electron chi connectivity index (χ4n) is 3.11. The Labute approximate surface area is 190 Å². The van der Waals surface area contributed by atoms with Gasteiger partial charge in [-0.25, -0.2) is 9.97 Å². The third-order valence-corrected chi connectivity index (χ3v) is 5.93. The van der Waals surface area contributed by atoms with Crippen LogP contribution in [0.4, 0.5) is 30.5 Å². The summed E-state index contributed by atoms with van der Waals surface area (Å²) in [5.74, 6) is 3.45. The third kappa shape index (κ3) is 6.79. The molecule has 0 saturated carbocycles. The fraction of sp³-hybridized carbons (Fsp3) is 0.217. The van der Waals surface area contributed by atoms with Gasteiger partial charge in [-0.15, -0.1) is 0 Å². The van der Waals surface area contributed by atoms with Crippen molar-refractivity contribution in [3.8, 4) is 0 Å². The molecule has 33 heavy (non-hydrogen) atoms. The van der Waals surface area contributed by atoms with E-state index in [1.165, 1.54) is 13.2 Å². The van der Waals surface area contributed by atoms with Crippen molar-refractivity contribution in [2.45, 2.75) is 30.8 Å². The highest BCUT2D eigenvalue weighted by Gasteiger charge is 2.34. The molecule has 0 aliphatic carbocycles. The van der Waals surface area contributed by atoms with E-state index in [0.29, 0.717) is 16.3 Å². The standard InChI is InChI=1S/C23H23F3N4O2S/c1-15(31)28-17-8-10-18(11-9-17)29-22-27-14-20(23(24,25)26)21(30-22)12-7-16-5-4-6-19(13-16)33(2,3)32/h4-6,8-11,13-14H,2,7,12H2,1,3H3,(H,28,31)(H,27,29,30). The summed E-state index contributed by atoms with van der Waals surface area (Å²) in [5, 5.41) is 5.51. The molecule has 1 unspecified atom stereocenters. The summed E-state index contributed by atoms with van der Waals surface area (Å²) in [6, 6.07) is 13.5. The van der Waals surface area contributed by atoms with Crippen molar-refractivity contribution in [2.24, 2.45) is 0 Å². The molecule has 1 heterocycles. The summed E-state index contributed by atoms with van der Waals surface area (Å²) < 4.78 is 52.7. The first-order chi connectivity index (χ1) is 15.4. The highest BCUT2D eigenvalue weighted by Crippen LogP contribution is 2.32. The van der Waals surface area contributed by atoms with E-state index in [-0.39, 0.29) is 30.4 Å². The van der Waals surface area contributed by atoms with Crippen LogP contribution in [0, 0.1) is 0 Å². The summed E-state index contributed by atoms with van der Waals surface area (Å²) in [4.78, 5) is 19.6. The predicted molar refractivity (Wildman–Crippen MR) is 124 cm³/mol. The normalized spacial score (nSPS) is 13.2. The zero-order valence-corrected chi connectivity index (χ0v) is 18.9. The molecule has 0 saturated heterocycles. The number of anilines is 3. The second-order valence-electron chi connectivity index (χ2n) is 7.59. The van der Waals surface area contributed by atoms with Crippen LogP contribution in [-0.4, -0.2) is 32.2 Å². The number of rotatable bonds is 7. The molecule has 0 bridgehead atoms. The Bertz CT molecular complexity index is 1260. The maximum atomic E-state index is 13.5. The molecule has 10 heteroatoms. The van der Waals surface area contributed by atoms with E-state index >= 15 is 0 Å². The molecule has 3 aromatic rings. The minimum absolute atomic E-state index is 0.0129. The molecule has 2 N–H and O–H groups in total. The summed E-state index contributed by atoms with van der Waals surface area (Å²) in [7, 11) is -2.43. The number of amides is 1. The number of alkyl halides is 3. The van der Waals surface area contributed by atoms with Gasteiger partial charge in [0.2, 0.25) is 11.9 Å². The lowest BCUT2D eigenvalue weighted by Gasteiger charge is -2.14. The van der Waals surface area contributed by atoms with Gasteiger partial charge in [-0.3, -0.25) is 9.00 Å². The van der Waals surface area contributed by atoms with Crippen LogP contribution in [0.5, 0.6) is 0 Å². The Balaban J connectivity index is 1.83. The average Bonchev–Trinajstić information content (AvgIpc) is 2.72. The van der Waals surface area contributed by atoms with Crippen LogP contribution in [0.2, 0.25) is 0 Å². The van der Waals surface area contributed by atoms with Gasteiger partial charge in [-0.2, -0.15) is 13.2 Å². The Morgan fingerprint density at radius 1 is 1.09 bits per heavy atom. The Morgan fingerprint density at radius 2 is 1.76 bits per heavy atom. The van der Waals surface area contributed by atoms with E-state index in [4.69, 9.17) is 0 Å². The minimum Gasteiger partial charge on any atom is -0.326 e. The zero-order chi connectivity index (χ0) is 24.2. The van der Waals surface area contributed by atoms with Crippen LogP contribution in [0.1, 0.15) is 23.7 Å². The number of benzene rings is 2. The summed E-state index contributed by atoms with van der Waals surface area (Å²) in [6.07, 6.45) is -2.03. The number of hydrogen-bond acceptors (Lipinski definition) is 5. The van der Waals surface area contributed by atoms with Crippen LogP contribution < -0.4 is 10.6 Å². The molecule has 0 aliphatic rings. The minimum atomic E-state index is -4.60. The quantitative estimate of drug-likeness (QED) is 0.484. The first-order valence-corrected chi connectivity index (χ1v) is 12.0. The molecule has 1 atom stereocenters. The molecular weight excluding hydrogens is 453 g/mol. The maximum Gasteiger partial charge on any atom is 0.419 e. The van der Waals surface area contributed by atoms with Crippen LogP contribution in [0.15, 0.2) is 59.6 Å². The molecule has 1 amide bonds. The molecule has 2 aromatic carbocycles. The SMILES string of the molecule is C=S(C)(=O)c1cccc(CCc2nc(Nc3ccc(NC(C)=O)cc3)ncc2C(F)(F)F)c1. The number of carbonyl (C=O) groups excluding carboxylic acids is 1. The van der Waals surface area contributed by atoms with Crippen molar-refractivity contribution >= 4 is 38.6 Å². The molecule has 174 valence electrons. The lowest BCUT2D eigenvalue weighted by atomic mass is 10.1. The van der Waals surface area contributed by atoms with Gasteiger partial charge in [0, 0.05) is 35.6 Å².